The average Bonchev–Trinajstić information content (AvgIpc) is 2.90. The predicted octanol–water partition coefficient (Wildman–Crippen LogP) is 4.88. The Morgan fingerprint density at radius 3 is 2.29 bits per heavy atom. The first-order chi connectivity index (χ1) is 10.2. The van der Waals surface area contributed by atoms with Gasteiger partial charge in [-0.2, -0.15) is 0 Å². The standard InChI is InChI=1S/C15H16Cl2N4/c16-10-5-11(17)7-13(6-10)21-15-8-14(18-9-19-15)20-12-3-1-2-4-12/h5-9,12H,1-4H2,(H2,18,19,20,21). The number of benzene rings is 1. The van der Waals surface area contributed by atoms with Gasteiger partial charge in [0.15, 0.2) is 0 Å². The number of hydrogen-bond acceptors (Lipinski definition) is 4. The molecular formula is C15H16Cl2N4. The second kappa shape index (κ2) is 6.50. The molecule has 0 amide bonds. The molecule has 21 heavy (non-hydrogen) atoms. The van der Waals surface area contributed by atoms with Crippen molar-refractivity contribution in [1.29, 1.82) is 0 Å². The molecule has 0 aliphatic heterocycles. The summed E-state index contributed by atoms with van der Waals surface area (Å²) >= 11 is 12.0. The van der Waals surface area contributed by atoms with Crippen LogP contribution in [0.3, 0.4) is 0 Å². The Hall–Kier alpha value is -1.52. The first kappa shape index (κ1) is 14.4. The minimum absolute atomic E-state index is 0.522. The summed E-state index contributed by atoms with van der Waals surface area (Å²) in [5.74, 6) is 1.55. The average molecular weight is 323 g/mol. The molecular weight excluding hydrogens is 307 g/mol. The van der Waals surface area contributed by atoms with Crippen LogP contribution in [-0.2, 0) is 0 Å². The predicted molar refractivity (Wildman–Crippen MR) is 87.7 cm³/mol. The number of nitrogens with zero attached hydrogens (tertiary/aromatic N) is 2. The second-order valence-electron chi connectivity index (χ2n) is 5.20. The summed E-state index contributed by atoms with van der Waals surface area (Å²) < 4.78 is 0. The van der Waals surface area contributed by atoms with E-state index in [1.807, 2.05) is 6.07 Å². The van der Waals surface area contributed by atoms with Crippen LogP contribution in [0, 0.1) is 0 Å². The topological polar surface area (TPSA) is 49.8 Å². The molecule has 0 unspecified atom stereocenters. The Morgan fingerprint density at radius 1 is 0.905 bits per heavy atom. The van der Waals surface area contributed by atoms with E-state index in [1.54, 1.807) is 24.5 Å². The van der Waals surface area contributed by atoms with Crippen molar-refractivity contribution in [3.8, 4) is 0 Å². The molecule has 4 nitrogen and oxygen atoms in total. The molecule has 0 atom stereocenters. The van der Waals surface area contributed by atoms with Crippen molar-refractivity contribution in [3.63, 3.8) is 0 Å². The van der Waals surface area contributed by atoms with Gasteiger partial charge < -0.3 is 10.6 Å². The Balaban J connectivity index is 1.73. The van der Waals surface area contributed by atoms with E-state index < -0.39 is 0 Å². The van der Waals surface area contributed by atoms with E-state index >= 15 is 0 Å². The highest BCUT2D eigenvalue weighted by atomic mass is 35.5. The van der Waals surface area contributed by atoms with Crippen LogP contribution in [0.1, 0.15) is 25.7 Å². The van der Waals surface area contributed by atoms with Gasteiger partial charge in [-0.3, -0.25) is 0 Å². The fraction of sp³-hybridized carbons (Fsp3) is 0.333. The van der Waals surface area contributed by atoms with Crippen LogP contribution in [0.4, 0.5) is 17.3 Å². The van der Waals surface area contributed by atoms with Gasteiger partial charge in [0, 0.05) is 27.8 Å². The fourth-order valence-corrected chi connectivity index (χ4v) is 3.08. The summed E-state index contributed by atoms with van der Waals surface area (Å²) in [4.78, 5) is 8.49. The molecule has 1 aliphatic carbocycles. The van der Waals surface area contributed by atoms with E-state index in [9.17, 15) is 0 Å². The van der Waals surface area contributed by atoms with E-state index in [4.69, 9.17) is 23.2 Å². The Morgan fingerprint density at radius 2 is 1.57 bits per heavy atom. The SMILES string of the molecule is Clc1cc(Cl)cc(Nc2cc(NC3CCCC3)ncn2)c1. The van der Waals surface area contributed by atoms with Gasteiger partial charge in [-0.25, -0.2) is 9.97 Å². The number of halogens is 2. The number of hydrogen-bond donors (Lipinski definition) is 2. The molecule has 1 saturated carbocycles. The molecule has 1 fully saturated rings. The van der Waals surface area contributed by atoms with E-state index in [1.165, 1.54) is 25.7 Å². The number of rotatable bonds is 4. The zero-order valence-corrected chi connectivity index (χ0v) is 13.0. The third-order valence-electron chi connectivity index (χ3n) is 3.51. The molecule has 1 aromatic heterocycles. The maximum Gasteiger partial charge on any atom is 0.135 e. The van der Waals surface area contributed by atoms with E-state index in [0.29, 0.717) is 21.9 Å². The van der Waals surface area contributed by atoms with Crippen molar-refractivity contribution in [2.45, 2.75) is 31.7 Å². The van der Waals surface area contributed by atoms with E-state index in [2.05, 4.69) is 20.6 Å². The molecule has 0 radical (unpaired) electrons. The minimum Gasteiger partial charge on any atom is -0.367 e. The monoisotopic (exact) mass is 322 g/mol. The van der Waals surface area contributed by atoms with Crippen LogP contribution in [0.15, 0.2) is 30.6 Å². The first-order valence-corrected chi connectivity index (χ1v) is 7.76. The van der Waals surface area contributed by atoms with Gasteiger partial charge >= 0.3 is 0 Å². The van der Waals surface area contributed by atoms with Gasteiger partial charge in [-0.1, -0.05) is 36.0 Å². The summed E-state index contributed by atoms with van der Waals surface area (Å²) in [7, 11) is 0. The number of anilines is 3. The smallest absolute Gasteiger partial charge is 0.135 e. The zero-order chi connectivity index (χ0) is 14.7. The van der Waals surface area contributed by atoms with Crippen molar-refractivity contribution in [3.05, 3.63) is 40.6 Å². The van der Waals surface area contributed by atoms with Gasteiger partial charge in [0.1, 0.15) is 18.0 Å². The second-order valence-corrected chi connectivity index (χ2v) is 6.07. The zero-order valence-electron chi connectivity index (χ0n) is 11.4. The number of aromatic nitrogens is 2. The van der Waals surface area contributed by atoms with Crippen molar-refractivity contribution < 1.29 is 0 Å². The normalized spacial score (nSPS) is 15.1. The Kier molecular flexibility index (Phi) is 4.46. The first-order valence-electron chi connectivity index (χ1n) is 7.01. The quantitative estimate of drug-likeness (QED) is 0.842. The molecule has 0 saturated heterocycles. The largest absolute Gasteiger partial charge is 0.367 e. The van der Waals surface area contributed by atoms with Crippen LogP contribution in [0.5, 0.6) is 0 Å². The lowest BCUT2D eigenvalue weighted by Gasteiger charge is -2.13. The molecule has 6 heteroatoms. The fourth-order valence-electron chi connectivity index (χ4n) is 2.56. The van der Waals surface area contributed by atoms with Crippen molar-refractivity contribution in [2.75, 3.05) is 10.6 Å². The highest BCUT2D eigenvalue weighted by molar-refractivity contribution is 6.35. The molecule has 110 valence electrons. The summed E-state index contributed by atoms with van der Waals surface area (Å²) in [5, 5.41) is 7.81. The van der Waals surface area contributed by atoms with Gasteiger partial charge in [0.25, 0.3) is 0 Å². The molecule has 0 bridgehead atoms. The highest BCUT2D eigenvalue weighted by Gasteiger charge is 2.15. The van der Waals surface area contributed by atoms with Gasteiger partial charge in [0.2, 0.25) is 0 Å². The maximum absolute atomic E-state index is 5.99. The van der Waals surface area contributed by atoms with Crippen LogP contribution in [0.25, 0.3) is 0 Å². The Labute approximate surface area is 133 Å². The van der Waals surface area contributed by atoms with Crippen LogP contribution in [0.2, 0.25) is 10.0 Å². The van der Waals surface area contributed by atoms with Crippen LogP contribution >= 0.6 is 23.2 Å². The molecule has 0 spiro atoms. The summed E-state index contributed by atoms with van der Waals surface area (Å²) in [6.07, 6.45) is 6.53. The van der Waals surface area contributed by atoms with Gasteiger partial charge in [-0.05, 0) is 31.0 Å². The lowest BCUT2D eigenvalue weighted by molar-refractivity contribution is 0.750. The van der Waals surface area contributed by atoms with Gasteiger partial charge in [0.05, 0.1) is 0 Å². The molecule has 2 N–H and O–H groups in total. The lowest BCUT2D eigenvalue weighted by Crippen LogP contribution is -2.15. The summed E-state index contributed by atoms with van der Waals surface area (Å²) in [6.45, 7) is 0. The molecule has 1 heterocycles. The van der Waals surface area contributed by atoms with Gasteiger partial charge in [-0.15, -0.1) is 0 Å². The molecule has 1 aliphatic rings. The van der Waals surface area contributed by atoms with Crippen molar-refractivity contribution >= 4 is 40.5 Å². The Bertz CT molecular complexity index is 607. The van der Waals surface area contributed by atoms with Crippen molar-refractivity contribution in [2.24, 2.45) is 0 Å². The van der Waals surface area contributed by atoms with E-state index in [-0.39, 0.29) is 0 Å². The minimum atomic E-state index is 0.522. The lowest BCUT2D eigenvalue weighted by atomic mass is 10.2. The van der Waals surface area contributed by atoms with Crippen LogP contribution < -0.4 is 10.6 Å². The third kappa shape index (κ3) is 3.99. The third-order valence-corrected chi connectivity index (χ3v) is 3.95. The number of nitrogens with one attached hydrogen (secondary N) is 2. The maximum atomic E-state index is 5.99. The molecule has 1 aromatic carbocycles. The summed E-state index contributed by atoms with van der Waals surface area (Å²) in [6, 6.07) is 7.72. The van der Waals surface area contributed by atoms with Crippen LogP contribution in [-0.4, -0.2) is 16.0 Å². The molecule has 3 rings (SSSR count). The molecule has 2 aromatic rings. The summed E-state index contributed by atoms with van der Waals surface area (Å²) in [5.41, 5.74) is 0.804. The van der Waals surface area contributed by atoms with E-state index in [0.717, 1.165) is 11.5 Å². The highest BCUT2D eigenvalue weighted by Crippen LogP contribution is 2.26. The van der Waals surface area contributed by atoms with Crippen molar-refractivity contribution in [1.82, 2.24) is 9.97 Å².